The van der Waals surface area contributed by atoms with Gasteiger partial charge < -0.3 is 10.2 Å². The van der Waals surface area contributed by atoms with Crippen LogP contribution in [0.4, 0.5) is 5.69 Å². The van der Waals surface area contributed by atoms with E-state index in [4.69, 9.17) is 0 Å². The zero-order chi connectivity index (χ0) is 25.7. The lowest BCUT2D eigenvalue weighted by Gasteiger charge is -2.20. The van der Waals surface area contributed by atoms with E-state index >= 15 is 0 Å². The number of hydrogen-bond donors (Lipinski definition) is 3. The molecule has 0 spiro atoms. The van der Waals surface area contributed by atoms with Gasteiger partial charge >= 0.3 is 0 Å². The van der Waals surface area contributed by atoms with Crippen molar-refractivity contribution in [1.82, 2.24) is 0 Å². The molecule has 0 saturated carbocycles. The zero-order valence-corrected chi connectivity index (χ0v) is 21.1. The Bertz CT molecular complexity index is 1720. The lowest BCUT2D eigenvalue weighted by Crippen LogP contribution is -2.15. The summed E-state index contributed by atoms with van der Waals surface area (Å²) in [5.74, 6) is -0.0411. The topological polar surface area (TPSA) is 86.6 Å². The largest absolute Gasteiger partial charge is 0.507 e. The maximum absolute atomic E-state index is 13.4. The van der Waals surface area contributed by atoms with Crippen molar-refractivity contribution in [2.45, 2.75) is 31.1 Å². The normalized spacial score (nSPS) is 12.2. The number of phenols is 2. The Morgan fingerprint density at radius 1 is 0.722 bits per heavy atom. The van der Waals surface area contributed by atoms with Crippen LogP contribution in [0.25, 0.3) is 32.7 Å². The Morgan fingerprint density at radius 2 is 1.33 bits per heavy atom. The van der Waals surface area contributed by atoms with Crippen molar-refractivity contribution in [3.63, 3.8) is 0 Å². The quantitative estimate of drug-likeness (QED) is 0.230. The summed E-state index contributed by atoms with van der Waals surface area (Å²) in [5, 5.41) is 24.7. The molecule has 5 aromatic carbocycles. The number of hydrogen-bond acceptors (Lipinski definition) is 4. The van der Waals surface area contributed by atoms with E-state index < -0.39 is 10.0 Å². The summed E-state index contributed by atoms with van der Waals surface area (Å²) in [6.45, 7) is 6.21. The summed E-state index contributed by atoms with van der Waals surface area (Å²) in [6, 6.07) is 26.4. The van der Waals surface area contributed by atoms with Gasteiger partial charge in [-0.1, -0.05) is 87.5 Å². The summed E-state index contributed by atoms with van der Waals surface area (Å²) < 4.78 is 29.5. The standard InChI is InChI=1S/C30H27NO4S/c1-30(2,3)20-13-15-21(16-14-20)36(34,35)31-26-18-25(29(33)24-11-7-6-10-23(24)26)28-22-9-5-4-8-19(22)12-17-27(28)32/h4-18,31-33H,1-3H3. The minimum atomic E-state index is -3.93. The summed E-state index contributed by atoms with van der Waals surface area (Å²) in [6.07, 6.45) is 0. The fourth-order valence-corrected chi connectivity index (χ4v) is 5.59. The predicted molar refractivity (Wildman–Crippen MR) is 146 cm³/mol. The average molecular weight is 498 g/mol. The number of rotatable bonds is 4. The summed E-state index contributed by atoms with van der Waals surface area (Å²) >= 11 is 0. The number of phenolic OH excluding ortho intramolecular Hbond substituents is 2. The van der Waals surface area contributed by atoms with Crippen LogP contribution in [0.15, 0.2) is 95.9 Å². The number of anilines is 1. The molecule has 6 heteroatoms. The molecule has 0 atom stereocenters. The van der Waals surface area contributed by atoms with E-state index in [9.17, 15) is 18.6 Å². The van der Waals surface area contributed by atoms with Crippen molar-refractivity contribution in [1.29, 1.82) is 0 Å². The second-order valence-electron chi connectivity index (χ2n) is 9.93. The molecule has 0 radical (unpaired) electrons. The fourth-order valence-electron chi connectivity index (χ4n) is 4.52. The molecule has 0 unspecified atom stereocenters. The maximum Gasteiger partial charge on any atom is 0.261 e. The molecule has 0 amide bonds. The number of nitrogens with one attached hydrogen (secondary N) is 1. The monoisotopic (exact) mass is 497 g/mol. The minimum Gasteiger partial charge on any atom is -0.507 e. The molecule has 0 aliphatic carbocycles. The first-order chi connectivity index (χ1) is 17.1. The molecule has 0 aliphatic rings. The van der Waals surface area contributed by atoms with Crippen molar-refractivity contribution < 1.29 is 18.6 Å². The highest BCUT2D eigenvalue weighted by Crippen LogP contribution is 2.46. The predicted octanol–water partition coefficient (Wildman–Crippen LogP) is 7.17. The van der Waals surface area contributed by atoms with Gasteiger partial charge in [-0.05, 0) is 46.0 Å². The van der Waals surface area contributed by atoms with Crippen LogP contribution in [0.2, 0.25) is 0 Å². The lowest BCUT2D eigenvalue weighted by molar-refractivity contribution is 0.472. The Kier molecular flexibility index (Phi) is 5.64. The molecule has 0 aromatic heterocycles. The van der Waals surface area contributed by atoms with Gasteiger partial charge in [-0.2, -0.15) is 0 Å². The smallest absolute Gasteiger partial charge is 0.261 e. The molecule has 5 aromatic rings. The molecule has 182 valence electrons. The van der Waals surface area contributed by atoms with Crippen molar-refractivity contribution >= 4 is 37.3 Å². The Morgan fingerprint density at radius 3 is 2.00 bits per heavy atom. The molecule has 0 saturated heterocycles. The van der Waals surface area contributed by atoms with Crippen molar-refractivity contribution in [3.8, 4) is 22.6 Å². The Balaban J connectivity index is 1.69. The van der Waals surface area contributed by atoms with E-state index in [0.717, 1.165) is 16.3 Å². The van der Waals surface area contributed by atoms with Gasteiger partial charge in [0.05, 0.1) is 10.6 Å². The number of sulfonamides is 1. The third-order valence-electron chi connectivity index (χ3n) is 6.47. The van der Waals surface area contributed by atoms with E-state index in [2.05, 4.69) is 25.5 Å². The SMILES string of the molecule is CC(C)(C)c1ccc(S(=O)(=O)Nc2cc(-c3c(O)ccc4ccccc34)c(O)c3ccccc23)cc1. The van der Waals surface area contributed by atoms with Gasteiger partial charge in [-0.3, -0.25) is 4.72 Å². The molecular formula is C30H27NO4S. The molecule has 3 N–H and O–H groups in total. The summed E-state index contributed by atoms with van der Waals surface area (Å²) in [4.78, 5) is 0.141. The average Bonchev–Trinajstić information content (AvgIpc) is 2.85. The highest BCUT2D eigenvalue weighted by Gasteiger charge is 2.22. The van der Waals surface area contributed by atoms with E-state index in [1.54, 1.807) is 54.6 Å². The summed E-state index contributed by atoms with van der Waals surface area (Å²) in [7, 11) is -3.93. The van der Waals surface area contributed by atoms with Crippen LogP contribution < -0.4 is 4.72 Å². The van der Waals surface area contributed by atoms with Crippen molar-refractivity contribution in [3.05, 3.63) is 96.6 Å². The molecular weight excluding hydrogens is 470 g/mol. The van der Waals surface area contributed by atoms with E-state index in [-0.39, 0.29) is 21.8 Å². The number of aromatic hydroxyl groups is 2. The first kappa shape index (κ1) is 23.7. The van der Waals surface area contributed by atoms with Crippen molar-refractivity contribution in [2.24, 2.45) is 0 Å². The van der Waals surface area contributed by atoms with Gasteiger partial charge in [0, 0.05) is 21.9 Å². The van der Waals surface area contributed by atoms with Gasteiger partial charge in [0.1, 0.15) is 11.5 Å². The number of benzene rings is 5. The van der Waals surface area contributed by atoms with Crippen LogP contribution in [-0.2, 0) is 15.4 Å². The highest BCUT2D eigenvalue weighted by atomic mass is 32.2. The summed E-state index contributed by atoms with van der Waals surface area (Å²) in [5.41, 5.74) is 2.02. The second-order valence-corrected chi connectivity index (χ2v) is 11.6. The van der Waals surface area contributed by atoms with Crippen LogP contribution >= 0.6 is 0 Å². The van der Waals surface area contributed by atoms with Gasteiger partial charge in [0.15, 0.2) is 0 Å². The Labute approximate surface area is 210 Å². The van der Waals surface area contributed by atoms with Gasteiger partial charge in [-0.15, -0.1) is 0 Å². The van der Waals surface area contributed by atoms with Crippen LogP contribution in [0, 0.1) is 0 Å². The Hall–Kier alpha value is -4.03. The van der Waals surface area contributed by atoms with Crippen LogP contribution in [0.5, 0.6) is 11.5 Å². The lowest BCUT2D eigenvalue weighted by atomic mass is 9.87. The molecule has 0 aliphatic heterocycles. The van der Waals surface area contributed by atoms with Gasteiger partial charge in [0.25, 0.3) is 10.0 Å². The molecule has 0 heterocycles. The van der Waals surface area contributed by atoms with E-state index in [1.165, 1.54) is 0 Å². The van der Waals surface area contributed by atoms with Crippen LogP contribution in [0.1, 0.15) is 26.3 Å². The molecule has 0 bridgehead atoms. The van der Waals surface area contributed by atoms with Crippen LogP contribution in [0.3, 0.4) is 0 Å². The first-order valence-electron chi connectivity index (χ1n) is 11.7. The molecule has 0 fully saturated rings. The third kappa shape index (κ3) is 4.14. The number of fused-ring (bicyclic) bond motifs is 2. The van der Waals surface area contributed by atoms with Crippen LogP contribution in [-0.4, -0.2) is 18.6 Å². The van der Waals surface area contributed by atoms with E-state index in [0.29, 0.717) is 27.6 Å². The highest BCUT2D eigenvalue weighted by molar-refractivity contribution is 7.92. The maximum atomic E-state index is 13.4. The first-order valence-corrected chi connectivity index (χ1v) is 13.1. The third-order valence-corrected chi connectivity index (χ3v) is 7.85. The van der Waals surface area contributed by atoms with Crippen molar-refractivity contribution in [2.75, 3.05) is 4.72 Å². The fraction of sp³-hybridized carbons (Fsp3) is 0.133. The molecule has 36 heavy (non-hydrogen) atoms. The zero-order valence-electron chi connectivity index (χ0n) is 20.3. The second kappa shape index (κ2) is 8.57. The van der Waals surface area contributed by atoms with Gasteiger partial charge in [-0.25, -0.2) is 8.42 Å². The minimum absolute atomic E-state index is 0.00847. The van der Waals surface area contributed by atoms with E-state index in [1.807, 2.05) is 36.4 Å². The molecule has 5 rings (SSSR count). The molecule has 5 nitrogen and oxygen atoms in total. The van der Waals surface area contributed by atoms with Gasteiger partial charge in [0.2, 0.25) is 0 Å².